The molecule has 0 aliphatic carbocycles. The molecule has 1 aromatic rings. The Balaban J connectivity index is 2.52. The topological polar surface area (TPSA) is 26.3 Å². The fourth-order valence-electron chi connectivity index (χ4n) is 1.09. The molecule has 0 radical (unpaired) electrons. The van der Waals surface area contributed by atoms with Crippen LogP contribution in [-0.2, 0) is 16.1 Å². The predicted molar refractivity (Wildman–Crippen MR) is 60.7 cm³/mol. The van der Waals surface area contributed by atoms with Crippen molar-refractivity contribution >= 4 is 17.9 Å². The molecule has 0 fully saturated rings. The highest BCUT2D eigenvalue weighted by atomic mass is 35.5. The molecule has 0 aliphatic rings. The number of benzene rings is 1. The molecule has 0 saturated heterocycles. The van der Waals surface area contributed by atoms with Crippen LogP contribution in [0.15, 0.2) is 36.1 Å². The summed E-state index contributed by atoms with van der Waals surface area (Å²) in [5, 5.41) is 0.693. The lowest BCUT2D eigenvalue weighted by Gasteiger charge is -2.05. The van der Waals surface area contributed by atoms with Crippen LogP contribution in [-0.4, -0.2) is 6.29 Å². The second-order valence-corrected chi connectivity index (χ2v) is 3.48. The number of allylic oxidation sites excluding steroid dienone is 2. The summed E-state index contributed by atoms with van der Waals surface area (Å²) in [6.45, 7) is 2.34. The van der Waals surface area contributed by atoms with E-state index in [-0.39, 0.29) is 0 Å². The summed E-state index contributed by atoms with van der Waals surface area (Å²) < 4.78 is 5.31. The second-order valence-electron chi connectivity index (χ2n) is 3.05. The molecule has 80 valence electrons. The quantitative estimate of drug-likeness (QED) is 0.436. The van der Waals surface area contributed by atoms with Gasteiger partial charge in [0.2, 0.25) is 0 Å². The third-order valence-corrected chi connectivity index (χ3v) is 2.09. The zero-order chi connectivity index (χ0) is 11.1. The van der Waals surface area contributed by atoms with Crippen molar-refractivity contribution in [3.8, 4) is 0 Å². The van der Waals surface area contributed by atoms with Crippen LogP contribution in [0.1, 0.15) is 18.9 Å². The normalized spacial score (nSPS) is 11.2. The molecule has 0 spiro atoms. The number of hydrogen-bond acceptors (Lipinski definition) is 2. The monoisotopic (exact) mass is 224 g/mol. The van der Waals surface area contributed by atoms with Crippen molar-refractivity contribution in [2.24, 2.45) is 0 Å². The van der Waals surface area contributed by atoms with Gasteiger partial charge in [0.1, 0.15) is 6.61 Å². The Morgan fingerprint density at radius 2 is 2.07 bits per heavy atom. The van der Waals surface area contributed by atoms with E-state index in [1.54, 1.807) is 18.2 Å². The van der Waals surface area contributed by atoms with E-state index in [9.17, 15) is 4.79 Å². The van der Waals surface area contributed by atoms with Crippen molar-refractivity contribution in [2.45, 2.75) is 20.0 Å². The molecular formula is C12H13ClO2. The highest BCUT2D eigenvalue weighted by molar-refractivity contribution is 6.30. The SMILES string of the molecule is CC/C=C(/C=O)OCc1ccc(Cl)cc1. The van der Waals surface area contributed by atoms with Gasteiger partial charge in [0.05, 0.1) is 0 Å². The molecule has 0 N–H and O–H groups in total. The molecule has 0 bridgehead atoms. The first-order chi connectivity index (χ1) is 7.26. The van der Waals surface area contributed by atoms with E-state index in [0.717, 1.165) is 18.3 Å². The Bertz CT molecular complexity index is 341. The van der Waals surface area contributed by atoms with Crippen LogP contribution in [0.5, 0.6) is 0 Å². The van der Waals surface area contributed by atoms with Crippen molar-refractivity contribution in [1.82, 2.24) is 0 Å². The molecule has 1 rings (SSSR count). The van der Waals surface area contributed by atoms with E-state index in [0.29, 0.717) is 17.4 Å². The van der Waals surface area contributed by atoms with Gasteiger partial charge < -0.3 is 4.74 Å². The summed E-state index contributed by atoms with van der Waals surface area (Å²) in [6.07, 6.45) is 3.26. The van der Waals surface area contributed by atoms with Crippen molar-refractivity contribution < 1.29 is 9.53 Å². The average molecular weight is 225 g/mol. The molecular weight excluding hydrogens is 212 g/mol. The van der Waals surface area contributed by atoms with Gasteiger partial charge >= 0.3 is 0 Å². The first kappa shape index (κ1) is 11.8. The van der Waals surface area contributed by atoms with Crippen LogP contribution >= 0.6 is 11.6 Å². The number of carbonyl (C=O) groups is 1. The maximum absolute atomic E-state index is 10.6. The summed E-state index contributed by atoms with van der Waals surface area (Å²) in [5.41, 5.74) is 0.989. The van der Waals surface area contributed by atoms with Gasteiger partial charge in [-0.25, -0.2) is 0 Å². The fraction of sp³-hybridized carbons (Fsp3) is 0.250. The zero-order valence-corrected chi connectivity index (χ0v) is 9.33. The number of rotatable bonds is 5. The molecule has 0 amide bonds. The summed E-state index contributed by atoms with van der Waals surface area (Å²) in [6, 6.07) is 7.34. The second kappa shape index (κ2) is 6.25. The number of hydrogen-bond donors (Lipinski definition) is 0. The first-order valence-electron chi connectivity index (χ1n) is 4.79. The molecule has 2 nitrogen and oxygen atoms in total. The van der Waals surface area contributed by atoms with Gasteiger partial charge in [0.25, 0.3) is 0 Å². The highest BCUT2D eigenvalue weighted by Crippen LogP contribution is 2.11. The molecule has 0 saturated carbocycles. The maximum Gasteiger partial charge on any atom is 0.184 e. The maximum atomic E-state index is 10.6. The van der Waals surface area contributed by atoms with Crippen molar-refractivity contribution in [2.75, 3.05) is 0 Å². The number of halogens is 1. The lowest BCUT2D eigenvalue weighted by atomic mass is 10.2. The third kappa shape index (κ3) is 4.17. The lowest BCUT2D eigenvalue weighted by Crippen LogP contribution is -1.94. The highest BCUT2D eigenvalue weighted by Gasteiger charge is 1.97. The summed E-state index contributed by atoms with van der Waals surface area (Å²) in [4.78, 5) is 10.6. The van der Waals surface area contributed by atoms with E-state index < -0.39 is 0 Å². The van der Waals surface area contributed by atoms with E-state index >= 15 is 0 Å². The van der Waals surface area contributed by atoms with Gasteiger partial charge in [-0.2, -0.15) is 0 Å². The molecule has 0 aromatic heterocycles. The average Bonchev–Trinajstić information content (AvgIpc) is 2.26. The van der Waals surface area contributed by atoms with Crippen LogP contribution in [0, 0.1) is 0 Å². The van der Waals surface area contributed by atoms with Crippen molar-refractivity contribution in [1.29, 1.82) is 0 Å². The Hall–Kier alpha value is -1.28. The van der Waals surface area contributed by atoms with Gasteiger partial charge in [-0.1, -0.05) is 30.7 Å². The van der Waals surface area contributed by atoms with Crippen LogP contribution in [0.25, 0.3) is 0 Å². The predicted octanol–water partition coefficient (Wildman–Crippen LogP) is 3.35. The summed E-state index contributed by atoms with van der Waals surface area (Å²) in [7, 11) is 0. The summed E-state index contributed by atoms with van der Waals surface area (Å²) >= 11 is 5.74. The molecule has 0 atom stereocenters. The Kier molecular flexibility index (Phi) is 4.91. The van der Waals surface area contributed by atoms with Gasteiger partial charge in [-0.15, -0.1) is 0 Å². The minimum atomic E-state index is 0.382. The van der Waals surface area contributed by atoms with Gasteiger partial charge in [0.15, 0.2) is 12.0 Å². The minimum Gasteiger partial charge on any atom is -0.486 e. The van der Waals surface area contributed by atoms with E-state index in [1.807, 2.05) is 19.1 Å². The van der Waals surface area contributed by atoms with Gasteiger partial charge in [-0.3, -0.25) is 4.79 Å². The first-order valence-corrected chi connectivity index (χ1v) is 5.16. The lowest BCUT2D eigenvalue weighted by molar-refractivity contribution is -0.108. The summed E-state index contributed by atoms with van der Waals surface area (Å²) in [5.74, 6) is 0.382. The smallest absolute Gasteiger partial charge is 0.184 e. The van der Waals surface area contributed by atoms with E-state index in [2.05, 4.69) is 0 Å². The number of ether oxygens (including phenoxy) is 1. The molecule has 1 aromatic carbocycles. The van der Waals surface area contributed by atoms with Crippen LogP contribution < -0.4 is 0 Å². The van der Waals surface area contributed by atoms with E-state index in [1.165, 1.54) is 0 Å². The molecule has 0 heterocycles. The standard InChI is InChI=1S/C12H13ClO2/c1-2-3-12(8-14)15-9-10-4-6-11(13)7-5-10/h3-8H,2,9H2,1H3/b12-3-. The Morgan fingerprint density at radius 3 is 2.60 bits per heavy atom. The molecule has 0 aliphatic heterocycles. The van der Waals surface area contributed by atoms with Crippen LogP contribution in [0.3, 0.4) is 0 Å². The molecule has 15 heavy (non-hydrogen) atoms. The largest absolute Gasteiger partial charge is 0.486 e. The van der Waals surface area contributed by atoms with Crippen molar-refractivity contribution in [3.63, 3.8) is 0 Å². The third-order valence-electron chi connectivity index (χ3n) is 1.84. The van der Waals surface area contributed by atoms with Crippen LogP contribution in [0.4, 0.5) is 0 Å². The zero-order valence-electron chi connectivity index (χ0n) is 8.57. The van der Waals surface area contributed by atoms with Gasteiger partial charge in [-0.05, 0) is 30.2 Å². The molecule has 0 unspecified atom stereocenters. The van der Waals surface area contributed by atoms with Crippen LogP contribution in [0.2, 0.25) is 5.02 Å². The number of aldehydes is 1. The molecule has 3 heteroatoms. The minimum absolute atomic E-state index is 0.382. The Labute approximate surface area is 94.5 Å². The van der Waals surface area contributed by atoms with Gasteiger partial charge in [0, 0.05) is 5.02 Å². The number of carbonyl (C=O) groups excluding carboxylic acids is 1. The van der Waals surface area contributed by atoms with Crippen molar-refractivity contribution in [3.05, 3.63) is 46.7 Å². The fourth-order valence-corrected chi connectivity index (χ4v) is 1.22. The Morgan fingerprint density at radius 1 is 1.40 bits per heavy atom. The van der Waals surface area contributed by atoms with E-state index in [4.69, 9.17) is 16.3 Å².